The van der Waals surface area contributed by atoms with E-state index in [1.165, 1.54) is 11.1 Å². The van der Waals surface area contributed by atoms with Gasteiger partial charge in [-0.05, 0) is 43.2 Å². The fourth-order valence-electron chi connectivity index (χ4n) is 1.78. The van der Waals surface area contributed by atoms with Crippen LogP contribution in [0.3, 0.4) is 0 Å². The molecule has 2 aromatic rings. The predicted molar refractivity (Wildman–Crippen MR) is 68.1 cm³/mol. The quantitative estimate of drug-likeness (QED) is 0.877. The monoisotopic (exact) mass is 231 g/mol. The van der Waals surface area contributed by atoms with Crippen molar-refractivity contribution in [2.75, 3.05) is 12.3 Å². The normalized spacial score (nSPS) is 10.5. The average molecular weight is 231 g/mol. The first-order valence-corrected chi connectivity index (χ1v) is 5.63. The van der Waals surface area contributed by atoms with Gasteiger partial charge in [0.15, 0.2) is 0 Å². The summed E-state index contributed by atoms with van der Waals surface area (Å²) in [5.74, 6) is 1.44. The Morgan fingerprint density at radius 1 is 1.24 bits per heavy atom. The molecule has 0 saturated heterocycles. The van der Waals surface area contributed by atoms with E-state index in [1.807, 2.05) is 18.3 Å². The average Bonchev–Trinajstić information content (AvgIpc) is 2.63. The highest BCUT2D eigenvalue weighted by Gasteiger charge is 1.98. The van der Waals surface area contributed by atoms with Gasteiger partial charge < -0.3 is 10.5 Å². The third-order valence-corrected chi connectivity index (χ3v) is 2.45. The van der Waals surface area contributed by atoms with E-state index in [2.05, 4.69) is 25.0 Å². The number of aryl methyl sites for hydroxylation is 2. The number of ether oxygens (including phenoxy) is 1. The summed E-state index contributed by atoms with van der Waals surface area (Å²) >= 11 is 0. The SMILES string of the molecule is Cc1cc(C)cc(OCCn2ccc(N)n2)c1. The maximum Gasteiger partial charge on any atom is 0.145 e. The first-order valence-electron chi connectivity index (χ1n) is 5.63. The molecule has 0 amide bonds. The smallest absolute Gasteiger partial charge is 0.145 e. The highest BCUT2D eigenvalue weighted by Crippen LogP contribution is 2.16. The van der Waals surface area contributed by atoms with E-state index < -0.39 is 0 Å². The summed E-state index contributed by atoms with van der Waals surface area (Å²) < 4.78 is 7.45. The molecule has 0 saturated carbocycles. The molecule has 0 unspecified atom stereocenters. The summed E-state index contributed by atoms with van der Waals surface area (Å²) in [6.45, 7) is 5.41. The minimum absolute atomic E-state index is 0.538. The van der Waals surface area contributed by atoms with E-state index in [1.54, 1.807) is 10.7 Å². The highest BCUT2D eigenvalue weighted by atomic mass is 16.5. The summed E-state index contributed by atoms with van der Waals surface area (Å²) in [6, 6.07) is 7.97. The van der Waals surface area contributed by atoms with Crippen LogP contribution in [-0.2, 0) is 6.54 Å². The molecule has 1 aromatic carbocycles. The lowest BCUT2D eigenvalue weighted by Crippen LogP contribution is -2.09. The molecule has 0 aliphatic rings. The minimum Gasteiger partial charge on any atom is -0.492 e. The molecular weight excluding hydrogens is 214 g/mol. The third-order valence-electron chi connectivity index (χ3n) is 2.45. The third kappa shape index (κ3) is 3.24. The van der Waals surface area contributed by atoms with Gasteiger partial charge in [-0.3, -0.25) is 4.68 Å². The van der Waals surface area contributed by atoms with Gasteiger partial charge in [0.25, 0.3) is 0 Å². The zero-order valence-electron chi connectivity index (χ0n) is 10.2. The van der Waals surface area contributed by atoms with Crippen LogP contribution in [0.15, 0.2) is 30.5 Å². The molecular formula is C13H17N3O. The van der Waals surface area contributed by atoms with Gasteiger partial charge in [-0.25, -0.2) is 0 Å². The lowest BCUT2D eigenvalue weighted by Gasteiger charge is -2.08. The molecule has 0 atom stereocenters. The Bertz CT molecular complexity index is 485. The van der Waals surface area contributed by atoms with Gasteiger partial charge in [0.05, 0.1) is 6.54 Å². The topological polar surface area (TPSA) is 53.1 Å². The highest BCUT2D eigenvalue weighted by molar-refractivity contribution is 5.32. The molecule has 0 aliphatic heterocycles. The van der Waals surface area contributed by atoms with Crippen LogP contribution in [0.5, 0.6) is 5.75 Å². The number of rotatable bonds is 4. The molecule has 90 valence electrons. The van der Waals surface area contributed by atoms with Crippen molar-refractivity contribution in [3.05, 3.63) is 41.6 Å². The van der Waals surface area contributed by atoms with Crippen molar-refractivity contribution < 1.29 is 4.74 Å². The van der Waals surface area contributed by atoms with Crippen LogP contribution in [0.25, 0.3) is 0 Å². The predicted octanol–water partition coefficient (Wildman–Crippen LogP) is 2.16. The van der Waals surface area contributed by atoms with Crippen LogP contribution < -0.4 is 10.5 Å². The van der Waals surface area contributed by atoms with Crippen molar-refractivity contribution in [3.63, 3.8) is 0 Å². The molecule has 0 bridgehead atoms. The van der Waals surface area contributed by atoms with Gasteiger partial charge in [-0.1, -0.05) is 6.07 Å². The summed E-state index contributed by atoms with van der Waals surface area (Å²) in [4.78, 5) is 0. The van der Waals surface area contributed by atoms with Crippen LogP contribution in [0.2, 0.25) is 0 Å². The molecule has 4 nitrogen and oxygen atoms in total. The summed E-state index contributed by atoms with van der Waals surface area (Å²) in [5.41, 5.74) is 7.95. The van der Waals surface area contributed by atoms with E-state index in [-0.39, 0.29) is 0 Å². The van der Waals surface area contributed by atoms with E-state index in [0.717, 1.165) is 5.75 Å². The molecule has 4 heteroatoms. The molecule has 17 heavy (non-hydrogen) atoms. The van der Waals surface area contributed by atoms with Gasteiger partial charge in [-0.15, -0.1) is 0 Å². The fourth-order valence-corrected chi connectivity index (χ4v) is 1.78. The standard InChI is InChI=1S/C13H17N3O/c1-10-7-11(2)9-12(8-10)17-6-5-16-4-3-13(14)15-16/h3-4,7-9H,5-6H2,1-2H3,(H2,14,15). The van der Waals surface area contributed by atoms with Crippen LogP contribution in [0, 0.1) is 13.8 Å². The lowest BCUT2D eigenvalue weighted by atomic mass is 10.1. The Morgan fingerprint density at radius 3 is 2.53 bits per heavy atom. The van der Waals surface area contributed by atoms with Crippen molar-refractivity contribution in [1.29, 1.82) is 0 Å². The lowest BCUT2D eigenvalue weighted by molar-refractivity contribution is 0.291. The number of nitrogens with zero attached hydrogens (tertiary/aromatic N) is 2. The molecule has 1 heterocycles. The number of nitrogen functional groups attached to an aromatic ring is 1. The fraction of sp³-hybridized carbons (Fsp3) is 0.308. The number of hydrogen-bond acceptors (Lipinski definition) is 3. The van der Waals surface area contributed by atoms with Crippen LogP contribution in [-0.4, -0.2) is 16.4 Å². The Balaban J connectivity index is 1.89. The zero-order valence-corrected chi connectivity index (χ0v) is 10.2. The van der Waals surface area contributed by atoms with E-state index in [0.29, 0.717) is 19.0 Å². The van der Waals surface area contributed by atoms with Crippen molar-refractivity contribution >= 4 is 5.82 Å². The van der Waals surface area contributed by atoms with Gasteiger partial charge in [0.2, 0.25) is 0 Å². The molecule has 2 rings (SSSR count). The molecule has 2 N–H and O–H groups in total. The molecule has 0 aliphatic carbocycles. The van der Waals surface area contributed by atoms with Gasteiger partial charge in [0.1, 0.15) is 18.2 Å². The number of aromatic nitrogens is 2. The Hall–Kier alpha value is -1.97. The molecule has 0 fully saturated rings. The van der Waals surface area contributed by atoms with Gasteiger partial charge in [0, 0.05) is 6.20 Å². The number of nitrogens with two attached hydrogens (primary N) is 1. The van der Waals surface area contributed by atoms with Crippen molar-refractivity contribution in [2.24, 2.45) is 0 Å². The Kier molecular flexibility index (Phi) is 3.32. The molecule has 0 radical (unpaired) electrons. The van der Waals surface area contributed by atoms with Crippen LogP contribution in [0.4, 0.5) is 5.82 Å². The van der Waals surface area contributed by atoms with Crippen molar-refractivity contribution in [2.45, 2.75) is 20.4 Å². The Labute approximate surface area is 101 Å². The number of anilines is 1. The first-order chi connectivity index (χ1) is 8.13. The number of benzene rings is 1. The zero-order chi connectivity index (χ0) is 12.3. The van der Waals surface area contributed by atoms with E-state index in [9.17, 15) is 0 Å². The van der Waals surface area contributed by atoms with Gasteiger partial charge in [-0.2, -0.15) is 5.10 Å². The van der Waals surface area contributed by atoms with E-state index >= 15 is 0 Å². The van der Waals surface area contributed by atoms with Crippen molar-refractivity contribution in [3.8, 4) is 5.75 Å². The summed E-state index contributed by atoms with van der Waals surface area (Å²) in [6.07, 6.45) is 1.85. The summed E-state index contributed by atoms with van der Waals surface area (Å²) in [7, 11) is 0. The minimum atomic E-state index is 0.538. The van der Waals surface area contributed by atoms with Crippen LogP contribution >= 0.6 is 0 Å². The molecule has 0 spiro atoms. The first kappa shape index (κ1) is 11.5. The van der Waals surface area contributed by atoms with Crippen molar-refractivity contribution in [1.82, 2.24) is 9.78 Å². The Morgan fingerprint density at radius 2 is 1.94 bits per heavy atom. The second-order valence-electron chi connectivity index (χ2n) is 4.18. The summed E-state index contributed by atoms with van der Waals surface area (Å²) in [5, 5.41) is 4.09. The maximum absolute atomic E-state index is 5.68. The van der Waals surface area contributed by atoms with E-state index in [4.69, 9.17) is 10.5 Å². The maximum atomic E-state index is 5.68. The van der Waals surface area contributed by atoms with Crippen LogP contribution in [0.1, 0.15) is 11.1 Å². The second kappa shape index (κ2) is 4.91. The molecule has 1 aromatic heterocycles. The largest absolute Gasteiger partial charge is 0.492 e. The second-order valence-corrected chi connectivity index (χ2v) is 4.18. The van der Waals surface area contributed by atoms with Gasteiger partial charge >= 0.3 is 0 Å². The number of hydrogen-bond donors (Lipinski definition) is 1.